The number of hydrogen-bond donors (Lipinski definition) is 8. The second kappa shape index (κ2) is 14.4. The molecular weight excluding hydrogens is 434 g/mol. The lowest BCUT2D eigenvalue weighted by Gasteiger charge is -2.19. The molecule has 0 heterocycles. The smallest absolute Gasteiger partial charge is 0.326 e. The Hall–Kier alpha value is -3.71. The van der Waals surface area contributed by atoms with E-state index in [0.717, 1.165) is 0 Å². The van der Waals surface area contributed by atoms with Crippen molar-refractivity contribution in [3.8, 4) is 0 Å². The van der Waals surface area contributed by atoms with Crippen LogP contribution in [0.2, 0.25) is 0 Å². The number of carboxylic acid groups (broad SMARTS) is 1. The molecule has 182 valence electrons. The molecule has 0 fully saturated rings. The topological polar surface area (TPSA) is 235 Å². The number of nitrogens with one attached hydrogen (secondary N) is 3. The third kappa shape index (κ3) is 10.9. The summed E-state index contributed by atoms with van der Waals surface area (Å²) in [6.07, 6.45) is 0.728. The fraction of sp³-hybridized carbons (Fsp3) is 0.450. The van der Waals surface area contributed by atoms with Crippen molar-refractivity contribution in [3.63, 3.8) is 0 Å². The van der Waals surface area contributed by atoms with Gasteiger partial charge in [0.1, 0.15) is 12.1 Å². The van der Waals surface area contributed by atoms with E-state index in [4.69, 9.17) is 17.2 Å². The molecule has 1 aromatic carbocycles. The Morgan fingerprint density at radius 2 is 1.67 bits per heavy atom. The zero-order valence-electron chi connectivity index (χ0n) is 18.1. The summed E-state index contributed by atoms with van der Waals surface area (Å²) in [4.78, 5) is 51.6. The number of nitrogens with two attached hydrogens (primary N) is 3. The molecule has 0 bridgehead atoms. The quantitative estimate of drug-likeness (QED) is 0.0782. The summed E-state index contributed by atoms with van der Waals surface area (Å²) in [6.45, 7) is -0.996. The van der Waals surface area contributed by atoms with Gasteiger partial charge in [-0.1, -0.05) is 30.3 Å². The average molecular weight is 466 g/mol. The number of carbonyl (C=O) groups is 4. The molecule has 33 heavy (non-hydrogen) atoms. The second-order valence-electron chi connectivity index (χ2n) is 7.16. The molecule has 1 rings (SSSR count). The van der Waals surface area contributed by atoms with Gasteiger partial charge in [0.05, 0.1) is 19.2 Å². The van der Waals surface area contributed by atoms with Gasteiger partial charge >= 0.3 is 5.97 Å². The molecular formula is C20H31N7O6. The van der Waals surface area contributed by atoms with Crippen LogP contribution in [0.25, 0.3) is 0 Å². The minimum atomic E-state index is -1.34. The fourth-order valence-electron chi connectivity index (χ4n) is 2.71. The first-order valence-corrected chi connectivity index (χ1v) is 10.2. The van der Waals surface area contributed by atoms with E-state index in [1.165, 1.54) is 0 Å². The van der Waals surface area contributed by atoms with Gasteiger partial charge in [-0.05, 0) is 18.4 Å². The summed E-state index contributed by atoms with van der Waals surface area (Å²) in [7, 11) is 0. The molecule has 0 aliphatic carbocycles. The Bertz CT molecular complexity index is 829. The molecule has 1 aromatic rings. The van der Waals surface area contributed by atoms with Crippen LogP contribution in [0.5, 0.6) is 0 Å². The Kier molecular flexibility index (Phi) is 11.9. The SMILES string of the molecule is NC(N)=NCCCC(N)C(=O)NC(CO)C(=O)NCC(=O)NC(Cc1ccccc1)C(=O)O. The van der Waals surface area contributed by atoms with E-state index >= 15 is 0 Å². The Morgan fingerprint density at radius 3 is 2.24 bits per heavy atom. The fourth-order valence-corrected chi connectivity index (χ4v) is 2.71. The number of nitrogens with zero attached hydrogens (tertiary/aromatic N) is 1. The highest BCUT2D eigenvalue weighted by Gasteiger charge is 2.24. The van der Waals surface area contributed by atoms with E-state index in [1.807, 2.05) is 0 Å². The summed E-state index contributed by atoms with van der Waals surface area (Å²) >= 11 is 0. The van der Waals surface area contributed by atoms with Crippen LogP contribution >= 0.6 is 0 Å². The average Bonchev–Trinajstić information content (AvgIpc) is 2.78. The maximum Gasteiger partial charge on any atom is 0.326 e. The molecule has 0 saturated carbocycles. The number of hydrogen-bond acceptors (Lipinski definition) is 7. The highest BCUT2D eigenvalue weighted by molar-refractivity contribution is 5.92. The van der Waals surface area contributed by atoms with Crippen LogP contribution in [-0.2, 0) is 25.6 Å². The molecule has 13 heteroatoms. The highest BCUT2D eigenvalue weighted by Crippen LogP contribution is 2.03. The molecule has 3 atom stereocenters. The van der Waals surface area contributed by atoms with Crippen molar-refractivity contribution in [2.75, 3.05) is 19.7 Å². The minimum absolute atomic E-state index is 0.0618. The lowest BCUT2D eigenvalue weighted by atomic mass is 10.1. The van der Waals surface area contributed by atoms with E-state index in [9.17, 15) is 29.4 Å². The second-order valence-corrected chi connectivity index (χ2v) is 7.16. The highest BCUT2D eigenvalue weighted by atomic mass is 16.4. The summed E-state index contributed by atoms with van der Waals surface area (Å²) < 4.78 is 0. The zero-order valence-corrected chi connectivity index (χ0v) is 18.1. The van der Waals surface area contributed by atoms with Crippen molar-refractivity contribution >= 4 is 29.7 Å². The molecule has 0 aliphatic heterocycles. The van der Waals surface area contributed by atoms with E-state index < -0.39 is 55.0 Å². The zero-order chi connectivity index (χ0) is 24.8. The largest absolute Gasteiger partial charge is 0.480 e. The minimum Gasteiger partial charge on any atom is -0.480 e. The number of rotatable bonds is 14. The van der Waals surface area contributed by atoms with Crippen molar-refractivity contribution in [2.24, 2.45) is 22.2 Å². The van der Waals surface area contributed by atoms with Crippen molar-refractivity contribution in [3.05, 3.63) is 35.9 Å². The standard InChI is InChI=1S/C20H31N7O6/c21-13(7-4-8-24-20(22)23)17(30)27-15(11-28)18(31)25-10-16(29)26-14(19(32)33)9-12-5-2-1-3-6-12/h1-3,5-6,13-15,28H,4,7-11,21H2,(H,25,31)(H,26,29)(H,27,30)(H,32,33)(H4,22,23,24). The van der Waals surface area contributed by atoms with E-state index in [-0.39, 0.29) is 25.3 Å². The number of amides is 3. The van der Waals surface area contributed by atoms with Gasteiger partial charge < -0.3 is 43.4 Å². The van der Waals surface area contributed by atoms with Crippen molar-refractivity contribution in [1.82, 2.24) is 16.0 Å². The van der Waals surface area contributed by atoms with Crippen molar-refractivity contribution in [1.29, 1.82) is 0 Å². The van der Waals surface area contributed by atoms with Crippen LogP contribution in [0.4, 0.5) is 0 Å². The van der Waals surface area contributed by atoms with Gasteiger partial charge in [-0.25, -0.2) is 4.79 Å². The summed E-state index contributed by atoms with van der Waals surface area (Å²) in [5.41, 5.74) is 16.9. The number of guanidine groups is 1. The number of aliphatic hydroxyl groups is 1. The van der Waals surface area contributed by atoms with Gasteiger partial charge in [-0.2, -0.15) is 0 Å². The van der Waals surface area contributed by atoms with Crippen LogP contribution in [-0.4, -0.2) is 77.7 Å². The van der Waals surface area contributed by atoms with Crippen molar-refractivity contribution in [2.45, 2.75) is 37.4 Å². The number of carboxylic acids is 1. The molecule has 0 radical (unpaired) electrons. The monoisotopic (exact) mass is 465 g/mol. The van der Waals surface area contributed by atoms with Gasteiger partial charge in [0.15, 0.2) is 5.96 Å². The first-order chi connectivity index (χ1) is 15.6. The normalized spacial score (nSPS) is 13.2. The van der Waals surface area contributed by atoms with Crippen LogP contribution in [0.3, 0.4) is 0 Å². The van der Waals surface area contributed by atoms with E-state index in [0.29, 0.717) is 12.0 Å². The molecule has 3 unspecified atom stereocenters. The first-order valence-electron chi connectivity index (χ1n) is 10.2. The third-order valence-electron chi connectivity index (χ3n) is 4.46. The molecule has 11 N–H and O–H groups in total. The van der Waals surface area contributed by atoms with Gasteiger partial charge in [-0.3, -0.25) is 19.4 Å². The number of aliphatic hydroxyl groups excluding tert-OH is 1. The maximum atomic E-state index is 12.2. The number of carbonyl (C=O) groups excluding carboxylic acids is 3. The summed E-state index contributed by atoms with van der Waals surface area (Å²) in [6, 6.07) is 5.23. The predicted molar refractivity (Wildman–Crippen MR) is 120 cm³/mol. The molecule has 0 spiro atoms. The van der Waals surface area contributed by atoms with Crippen LogP contribution < -0.4 is 33.2 Å². The van der Waals surface area contributed by atoms with Gasteiger partial charge in [0.25, 0.3) is 0 Å². The number of aliphatic carboxylic acids is 1. The summed E-state index contributed by atoms with van der Waals surface area (Å²) in [5, 5.41) is 25.6. The van der Waals surface area contributed by atoms with E-state index in [2.05, 4.69) is 20.9 Å². The molecule has 0 saturated heterocycles. The lowest BCUT2D eigenvalue weighted by molar-refractivity contribution is -0.141. The van der Waals surface area contributed by atoms with E-state index in [1.54, 1.807) is 30.3 Å². The van der Waals surface area contributed by atoms with Gasteiger partial charge in [-0.15, -0.1) is 0 Å². The Morgan fingerprint density at radius 1 is 1.00 bits per heavy atom. The lowest BCUT2D eigenvalue weighted by Crippen LogP contribution is -2.55. The third-order valence-corrected chi connectivity index (χ3v) is 4.46. The van der Waals surface area contributed by atoms with Gasteiger partial charge in [0, 0.05) is 13.0 Å². The Labute approximate surface area is 190 Å². The van der Waals surface area contributed by atoms with Crippen LogP contribution in [0, 0.1) is 0 Å². The number of benzene rings is 1. The van der Waals surface area contributed by atoms with Crippen molar-refractivity contribution < 1.29 is 29.4 Å². The molecule has 13 nitrogen and oxygen atoms in total. The predicted octanol–water partition coefficient (Wildman–Crippen LogP) is -3.23. The van der Waals surface area contributed by atoms with Gasteiger partial charge in [0.2, 0.25) is 17.7 Å². The summed E-state index contributed by atoms with van der Waals surface area (Å²) in [5.74, 6) is -3.56. The maximum absolute atomic E-state index is 12.2. The first kappa shape index (κ1) is 27.3. The van der Waals surface area contributed by atoms with Crippen LogP contribution in [0.15, 0.2) is 35.3 Å². The Balaban J connectivity index is 2.49. The van der Waals surface area contributed by atoms with Crippen LogP contribution in [0.1, 0.15) is 18.4 Å². The molecule has 0 aliphatic rings. The molecule has 3 amide bonds. The molecule has 0 aromatic heterocycles. The number of aliphatic imine (C=N–C) groups is 1.